The Hall–Kier alpha value is -1.15. The van der Waals surface area contributed by atoms with Gasteiger partial charge in [0, 0.05) is 25.6 Å². The summed E-state index contributed by atoms with van der Waals surface area (Å²) in [6.07, 6.45) is 2.42. The number of nitrogens with zero attached hydrogens (tertiary/aromatic N) is 1. The number of carbonyl (C=O) groups excluding carboxylic acids is 1. The summed E-state index contributed by atoms with van der Waals surface area (Å²) in [6, 6.07) is -0.129. The molecule has 1 rings (SSSR count). The topological polar surface area (TPSA) is 104 Å². The van der Waals surface area contributed by atoms with Crippen LogP contribution < -0.4 is 4.72 Å². The number of carboxylic acid groups (broad SMARTS) is 1. The molecule has 1 amide bonds. The van der Waals surface area contributed by atoms with Crippen molar-refractivity contribution in [3.8, 4) is 0 Å². The van der Waals surface area contributed by atoms with Gasteiger partial charge in [-0.15, -0.1) is 0 Å². The number of hydrogen-bond donors (Lipinski definition) is 2. The predicted molar refractivity (Wildman–Crippen MR) is 78.2 cm³/mol. The van der Waals surface area contributed by atoms with E-state index in [4.69, 9.17) is 5.11 Å². The summed E-state index contributed by atoms with van der Waals surface area (Å²) in [4.78, 5) is 24.6. The molecule has 0 spiro atoms. The predicted octanol–water partition coefficient (Wildman–Crippen LogP) is 0.418. The lowest BCUT2D eigenvalue weighted by molar-refractivity contribution is -0.141. The van der Waals surface area contributed by atoms with E-state index in [1.165, 1.54) is 0 Å². The van der Waals surface area contributed by atoms with Gasteiger partial charge in [0.2, 0.25) is 15.9 Å². The number of hydrogen-bond acceptors (Lipinski definition) is 4. The van der Waals surface area contributed by atoms with Gasteiger partial charge in [0.15, 0.2) is 0 Å². The normalized spacial score (nSPS) is 17.8. The van der Waals surface area contributed by atoms with Crippen LogP contribution in [-0.2, 0) is 19.6 Å². The van der Waals surface area contributed by atoms with E-state index >= 15 is 0 Å². The summed E-state index contributed by atoms with van der Waals surface area (Å²) in [5.74, 6) is -0.983. The highest BCUT2D eigenvalue weighted by atomic mass is 32.2. The second-order valence-electron chi connectivity index (χ2n) is 6.46. The number of likely N-dealkylation sites (tertiary alicyclic amines) is 1. The molecule has 0 bridgehead atoms. The van der Waals surface area contributed by atoms with Gasteiger partial charge in [-0.25, -0.2) is 13.1 Å². The van der Waals surface area contributed by atoms with Crippen LogP contribution in [0.2, 0.25) is 0 Å². The van der Waals surface area contributed by atoms with Crippen LogP contribution in [0, 0.1) is 5.41 Å². The molecule has 0 radical (unpaired) electrons. The summed E-state index contributed by atoms with van der Waals surface area (Å²) in [6.45, 7) is 4.51. The zero-order chi connectivity index (χ0) is 16.3. The molecular formula is C13H24N2O5S. The Bertz CT molecular complexity index is 493. The first-order chi connectivity index (χ1) is 9.48. The van der Waals surface area contributed by atoms with Gasteiger partial charge in [-0.2, -0.15) is 0 Å². The Morgan fingerprint density at radius 3 is 2.19 bits per heavy atom. The van der Waals surface area contributed by atoms with Crippen molar-refractivity contribution in [2.45, 2.75) is 45.6 Å². The molecule has 7 nitrogen and oxygen atoms in total. The Labute approximate surface area is 125 Å². The molecule has 1 heterocycles. The van der Waals surface area contributed by atoms with Crippen LogP contribution in [0.5, 0.6) is 0 Å². The zero-order valence-corrected chi connectivity index (χ0v) is 13.6. The van der Waals surface area contributed by atoms with Gasteiger partial charge in [0.25, 0.3) is 0 Å². The van der Waals surface area contributed by atoms with Crippen LogP contribution in [0.3, 0.4) is 0 Å². The minimum absolute atomic E-state index is 0.0508. The summed E-state index contributed by atoms with van der Waals surface area (Å²) >= 11 is 0. The molecule has 0 saturated carbocycles. The second kappa shape index (κ2) is 6.74. The van der Waals surface area contributed by atoms with E-state index in [-0.39, 0.29) is 24.8 Å². The van der Waals surface area contributed by atoms with Crippen molar-refractivity contribution in [2.24, 2.45) is 5.41 Å². The number of carboxylic acids is 1. The van der Waals surface area contributed by atoms with Crippen LogP contribution in [-0.4, -0.2) is 55.7 Å². The Kier molecular flexibility index (Phi) is 5.75. The Morgan fingerprint density at radius 2 is 1.76 bits per heavy atom. The number of sulfonamides is 1. The Morgan fingerprint density at radius 1 is 1.24 bits per heavy atom. The molecule has 122 valence electrons. The first-order valence-corrected chi connectivity index (χ1v) is 8.84. The van der Waals surface area contributed by atoms with E-state index in [1.807, 2.05) is 0 Å². The summed E-state index contributed by atoms with van der Waals surface area (Å²) in [5, 5.41) is 8.83. The summed E-state index contributed by atoms with van der Waals surface area (Å²) in [5.41, 5.74) is -0.579. The SMILES string of the molecule is CC(C)(CC(=O)O)CC(=O)N1CCC(NS(C)(=O)=O)CC1. The second-order valence-corrected chi connectivity index (χ2v) is 8.24. The van der Waals surface area contributed by atoms with E-state index in [1.54, 1.807) is 18.7 Å². The van der Waals surface area contributed by atoms with Crippen molar-refractivity contribution >= 4 is 21.9 Å². The monoisotopic (exact) mass is 320 g/mol. The molecule has 0 aromatic rings. The van der Waals surface area contributed by atoms with E-state index in [2.05, 4.69) is 4.72 Å². The Balaban J connectivity index is 2.47. The number of rotatable bonds is 6. The van der Waals surface area contributed by atoms with Gasteiger partial charge in [-0.05, 0) is 18.3 Å². The van der Waals surface area contributed by atoms with Crippen molar-refractivity contribution in [1.29, 1.82) is 0 Å². The van der Waals surface area contributed by atoms with Gasteiger partial charge in [0.05, 0.1) is 12.7 Å². The number of amides is 1. The van der Waals surface area contributed by atoms with Crippen LogP contribution >= 0.6 is 0 Å². The molecule has 1 saturated heterocycles. The van der Waals surface area contributed by atoms with Crippen molar-refractivity contribution in [1.82, 2.24) is 9.62 Å². The third-order valence-corrected chi connectivity index (χ3v) is 4.25. The molecule has 0 aromatic heterocycles. The summed E-state index contributed by atoms with van der Waals surface area (Å²) in [7, 11) is -3.22. The third kappa shape index (κ3) is 6.90. The summed E-state index contributed by atoms with van der Waals surface area (Å²) < 4.78 is 24.9. The van der Waals surface area contributed by atoms with Gasteiger partial charge < -0.3 is 10.0 Å². The molecule has 0 unspecified atom stereocenters. The number of carbonyl (C=O) groups is 2. The number of piperidine rings is 1. The molecule has 8 heteroatoms. The lowest BCUT2D eigenvalue weighted by atomic mass is 9.85. The van der Waals surface area contributed by atoms with Gasteiger partial charge >= 0.3 is 5.97 Å². The lowest BCUT2D eigenvalue weighted by Crippen LogP contribution is -2.47. The van der Waals surface area contributed by atoms with Gasteiger partial charge in [-0.3, -0.25) is 9.59 Å². The van der Waals surface area contributed by atoms with E-state index < -0.39 is 21.4 Å². The van der Waals surface area contributed by atoms with Crippen molar-refractivity contribution < 1.29 is 23.1 Å². The van der Waals surface area contributed by atoms with Gasteiger partial charge in [-0.1, -0.05) is 13.8 Å². The van der Waals surface area contributed by atoms with E-state index in [0.29, 0.717) is 25.9 Å². The fraction of sp³-hybridized carbons (Fsp3) is 0.846. The largest absolute Gasteiger partial charge is 0.481 e. The highest BCUT2D eigenvalue weighted by Crippen LogP contribution is 2.26. The zero-order valence-electron chi connectivity index (χ0n) is 12.8. The highest BCUT2D eigenvalue weighted by molar-refractivity contribution is 7.88. The van der Waals surface area contributed by atoms with Crippen molar-refractivity contribution in [2.75, 3.05) is 19.3 Å². The van der Waals surface area contributed by atoms with E-state index in [0.717, 1.165) is 6.26 Å². The van der Waals surface area contributed by atoms with Crippen LogP contribution in [0.25, 0.3) is 0 Å². The fourth-order valence-corrected chi connectivity index (χ4v) is 3.38. The molecule has 1 aliphatic rings. The smallest absolute Gasteiger partial charge is 0.303 e. The maximum absolute atomic E-state index is 12.2. The standard InChI is InChI=1S/C13H24N2O5S/c1-13(2,9-12(17)18)8-11(16)15-6-4-10(5-7-15)14-21(3,19)20/h10,14H,4-9H2,1-3H3,(H,17,18). The highest BCUT2D eigenvalue weighted by Gasteiger charge is 2.30. The fourth-order valence-electron chi connectivity index (χ4n) is 2.54. The quantitative estimate of drug-likeness (QED) is 0.738. The molecule has 21 heavy (non-hydrogen) atoms. The molecule has 0 atom stereocenters. The maximum atomic E-state index is 12.2. The van der Waals surface area contributed by atoms with Crippen LogP contribution in [0.1, 0.15) is 39.5 Å². The molecule has 1 fully saturated rings. The first-order valence-electron chi connectivity index (χ1n) is 6.95. The third-order valence-electron chi connectivity index (χ3n) is 3.49. The molecule has 0 aromatic carbocycles. The van der Waals surface area contributed by atoms with Crippen LogP contribution in [0.4, 0.5) is 0 Å². The molecule has 2 N–H and O–H groups in total. The molecule has 0 aliphatic carbocycles. The first kappa shape index (κ1) is 17.9. The molecular weight excluding hydrogens is 296 g/mol. The number of nitrogens with one attached hydrogen (secondary N) is 1. The van der Waals surface area contributed by atoms with Crippen molar-refractivity contribution in [3.05, 3.63) is 0 Å². The maximum Gasteiger partial charge on any atom is 0.303 e. The number of aliphatic carboxylic acids is 1. The minimum atomic E-state index is -3.22. The van der Waals surface area contributed by atoms with Crippen LogP contribution in [0.15, 0.2) is 0 Å². The average Bonchev–Trinajstić information content (AvgIpc) is 2.24. The minimum Gasteiger partial charge on any atom is -0.481 e. The van der Waals surface area contributed by atoms with E-state index in [9.17, 15) is 18.0 Å². The average molecular weight is 320 g/mol. The molecule has 1 aliphatic heterocycles. The lowest BCUT2D eigenvalue weighted by Gasteiger charge is -2.34. The van der Waals surface area contributed by atoms with Crippen molar-refractivity contribution in [3.63, 3.8) is 0 Å². The van der Waals surface area contributed by atoms with Gasteiger partial charge in [0.1, 0.15) is 0 Å².